The SMILES string of the molecule is O=C(/C=C\c1ccccc1)c1ccc(-c2ccc(-c3nnc(-c4ccccc4)o3)cc2)cc1. The number of benzene rings is 4. The third-order valence-electron chi connectivity index (χ3n) is 5.31. The molecule has 4 heteroatoms. The standard InChI is InChI=1S/C29H20N2O2/c32-27(20-11-21-7-3-1-4-8-21)24-16-12-22(13-17-24)23-14-18-26(19-15-23)29-31-30-28(33-29)25-9-5-2-6-10-25/h1-20H/b20-11-. The first-order chi connectivity index (χ1) is 16.3. The summed E-state index contributed by atoms with van der Waals surface area (Å²) in [6.07, 6.45) is 3.43. The van der Waals surface area contributed by atoms with Crippen LogP contribution in [0.4, 0.5) is 0 Å². The Labute approximate surface area is 191 Å². The molecule has 158 valence electrons. The van der Waals surface area contributed by atoms with Gasteiger partial charge in [-0.1, -0.05) is 91.0 Å². The summed E-state index contributed by atoms with van der Waals surface area (Å²) in [7, 11) is 0. The number of ketones is 1. The molecule has 0 spiro atoms. The summed E-state index contributed by atoms with van der Waals surface area (Å²) < 4.78 is 5.83. The first kappa shape index (κ1) is 20.3. The van der Waals surface area contributed by atoms with E-state index in [0.717, 1.165) is 27.8 Å². The Kier molecular flexibility index (Phi) is 5.72. The van der Waals surface area contributed by atoms with Crippen molar-refractivity contribution in [2.45, 2.75) is 0 Å². The third-order valence-corrected chi connectivity index (χ3v) is 5.31. The number of carbonyl (C=O) groups excluding carboxylic acids is 1. The zero-order valence-electron chi connectivity index (χ0n) is 17.8. The van der Waals surface area contributed by atoms with Crippen LogP contribution in [0.2, 0.25) is 0 Å². The van der Waals surface area contributed by atoms with Gasteiger partial charge in [0.2, 0.25) is 11.8 Å². The number of hydrogen-bond donors (Lipinski definition) is 0. The van der Waals surface area contributed by atoms with E-state index in [1.165, 1.54) is 0 Å². The monoisotopic (exact) mass is 428 g/mol. The molecule has 0 aliphatic carbocycles. The summed E-state index contributed by atoms with van der Waals surface area (Å²) in [6, 6.07) is 35.0. The Morgan fingerprint density at radius 3 is 1.67 bits per heavy atom. The van der Waals surface area contributed by atoms with Crippen LogP contribution < -0.4 is 0 Å². The second-order valence-electron chi connectivity index (χ2n) is 7.54. The Morgan fingerprint density at radius 1 is 0.576 bits per heavy atom. The molecule has 0 N–H and O–H groups in total. The molecule has 0 amide bonds. The van der Waals surface area contributed by atoms with Gasteiger partial charge in [-0.05, 0) is 47.0 Å². The largest absolute Gasteiger partial charge is 0.416 e. The Morgan fingerprint density at radius 2 is 1.06 bits per heavy atom. The Bertz CT molecular complexity index is 1390. The molecule has 5 aromatic rings. The molecule has 0 fully saturated rings. The zero-order chi connectivity index (χ0) is 22.5. The molecule has 5 rings (SSSR count). The average Bonchev–Trinajstić information content (AvgIpc) is 3.39. The van der Waals surface area contributed by atoms with E-state index in [4.69, 9.17) is 4.42 Å². The predicted molar refractivity (Wildman–Crippen MR) is 130 cm³/mol. The highest BCUT2D eigenvalue weighted by molar-refractivity contribution is 6.07. The van der Waals surface area contributed by atoms with Crippen molar-refractivity contribution in [3.05, 3.63) is 126 Å². The van der Waals surface area contributed by atoms with Crippen molar-refractivity contribution in [2.75, 3.05) is 0 Å². The van der Waals surface area contributed by atoms with Crippen molar-refractivity contribution in [3.63, 3.8) is 0 Å². The number of nitrogens with zero attached hydrogens (tertiary/aromatic N) is 2. The van der Waals surface area contributed by atoms with E-state index in [1.807, 2.05) is 115 Å². The third kappa shape index (κ3) is 4.70. The number of rotatable bonds is 6. The average molecular weight is 428 g/mol. The minimum absolute atomic E-state index is 0.0219. The number of hydrogen-bond acceptors (Lipinski definition) is 4. The molecule has 0 radical (unpaired) electrons. The van der Waals surface area contributed by atoms with Gasteiger partial charge in [0.15, 0.2) is 5.78 Å². The molecule has 4 aromatic carbocycles. The fourth-order valence-electron chi connectivity index (χ4n) is 3.50. The van der Waals surface area contributed by atoms with Crippen molar-refractivity contribution >= 4 is 11.9 Å². The van der Waals surface area contributed by atoms with Crippen LogP contribution in [0.3, 0.4) is 0 Å². The van der Waals surface area contributed by atoms with Crippen LogP contribution in [-0.2, 0) is 0 Å². The van der Waals surface area contributed by atoms with Crippen LogP contribution in [0.25, 0.3) is 40.1 Å². The molecule has 0 aliphatic rings. The van der Waals surface area contributed by atoms with Gasteiger partial charge in [0.25, 0.3) is 0 Å². The summed E-state index contributed by atoms with van der Waals surface area (Å²) in [6.45, 7) is 0. The van der Waals surface area contributed by atoms with Crippen molar-refractivity contribution in [3.8, 4) is 34.0 Å². The highest BCUT2D eigenvalue weighted by Gasteiger charge is 2.10. The molecular formula is C29H20N2O2. The zero-order valence-corrected chi connectivity index (χ0v) is 17.8. The maximum Gasteiger partial charge on any atom is 0.248 e. The second-order valence-corrected chi connectivity index (χ2v) is 7.54. The molecule has 0 saturated heterocycles. The van der Waals surface area contributed by atoms with Gasteiger partial charge in [-0.2, -0.15) is 0 Å². The van der Waals surface area contributed by atoms with Gasteiger partial charge in [-0.25, -0.2) is 0 Å². The molecule has 0 atom stereocenters. The Balaban J connectivity index is 1.29. The molecule has 4 nitrogen and oxygen atoms in total. The van der Waals surface area contributed by atoms with E-state index in [2.05, 4.69) is 10.2 Å². The van der Waals surface area contributed by atoms with Crippen LogP contribution in [0.5, 0.6) is 0 Å². The van der Waals surface area contributed by atoms with Crippen LogP contribution in [0, 0.1) is 0 Å². The molecule has 0 saturated carbocycles. The number of carbonyl (C=O) groups is 1. The second kappa shape index (κ2) is 9.28. The summed E-state index contributed by atoms with van der Waals surface area (Å²) in [4.78, 5) is 12.5. The van der Waals surface area contributed by atoms with Crippen LogP contribution in [0.15, 0.2) is 120 Å². The maximum absolute atomic E-state index is 12.5. The van der Waals surface area contributed by atoms with Gasteiger partial charge in [0.1, 0.15) is 0 Å². The predicted octanol–water partition coefficient (Wildman–Crippen LogP) is 6.97. The highest BCUT2D eigenvalue weighted by atomic mass is 16.4. The van der Waals surface area contributed by atoms with E-state index in [9.17, 15) is 4.79 Å². The molecular weight excluding hydrogens is 408 g/mol. The molecule has 0 unspecified atom stereocenters. The van der Waals surface area contributed by atoms with Crippen molar-refractivity contribution in [1.29, 1.82) is 0 Å². The quantitative estimate of drug-likeness (QED) is 0.216. The normalized spacial score (nSPS) is 11.0. The van der Waals surface area contributed by atoms with Gasteiger partial charge in [0.05, 0.1) is 0 Å². The first-order valence-electron chi connectivity index (χ1n) is 10.6. The van der Waals surface area contributed by atoms with Gasteiger partial charge in [-0.3, -0.25) is 4.79 Å². The lowest BCUT2D eigenvalue weighted by molar-refractivity contribution is 0.104. The minimum Gasteiger partial charge on any atom is -0.416 e. The topological polar surface area (TPSA) is 56.0 Å². The summed E-state index contributed by atoms with van der Waals surface area (Å²) >= 11 is 0. The van der Waals surface area contributed by atoms with Crippen molar-refractivity contribution < 1.29 is 9.21 Å². The lowest BCUT2D eigenvalue weighted by Gasteiger charge is -2.04. The number of aromatic nitrogens is 2. The van der Waals surface area contributed by atoms with E-state index < -0.39 is 0 Å². The van der Waals surface area contributed by atoms with E-state index in [-0.39, 0.29) is 5.78 Å². The smallest absolute Gasteiger partial charge is 0.248 e. The fraction of sp³-hybridized carbons (Fsp3) is 0. The minimum atomic E-state index is -0.0219. The van der Waals surface area contributed by atoms with Gasteiger partial charge >= 0.3 is 0 Å². The summed E-state index contributed by atoms with van der Waals surface area (Å²) in [5.74, 6) is 0.953. The summed E-state index contributed by atoms with van der Waals surface area (Å²) in [5.41, 5.74) is 5.47. The number of allylic oxidation sites excluding steroid dienone is 1. The van der Waals surface area contributed by atoms with Crippen molar-refractivity contribution in [2.24, 2.45) is 0 Å². The molecule has 0 bridgehead atoms. The maximum atomic E-state index is 12.5. The van der Waals surface area contributed by atoms with E-state index in [1.54, 1.807) is 6.08 Å². The van der Waals surface area contributed by atoms with Gasteiger partial charge < -0.3 is 4.42 Å². The lowest BCUT2D eigenvalue weighted by atomic mass is 10.0. The Hall–Kier alpha value is -4.57. The van der Waals surface area contributed by atoms with E-state index >= 15 is 0 Å². The highest BCUT2D eigenvalue weighted by Crippen LogP contribution is 2.27. The van der Waals surface area contributed by atoms with Gasteiger partial charge in [-0.15, -0.1) is 10.2 Å². The summed E-state index contributed by atoms with van der Waals surface area (Å²) in [5, 5.41) is 8.32. The van der Waals surface area contributed by atoms with Crippen LogP contribution >= 0.6 is 0 Å². The fourth-order valence-corrected chi connectivity index (χ4v) is 3.50. The van der Waals surface area contributed by atoms with Gasteiger partial charge in [0, 0.05) is 16.7 Å². The van der Waals surface area contributed by atoms with Crippen LogP contribution in [-0.4, -0.2) is 16.0 Å². The lowest BCUT2D eigenvalue weighted by Crippen LogP contribution is -1.93. The molecule has 0 aliphatic heterocycles. The van der Waals surface area contributed by atoms with E-state index in [0.29, 0.717) is 17.3 Å². The molecule has 1 heterocycles. The van der Waals surface area contributed by atoms with Crippen molar-refractivity contribution in [1.82, 2.24) is 10.2 Å². The molecule has 33 heavy (non-hydrogen) atoms. The van der Waals surface area contributed by atoms with Crippen LogP contribution in [0.1, 0.15) is 15.9 Å². The first-order valence-corrected chi connectivity index (χ1v) is 10.6. The molecule has 1 aromatic heterocycles.